The molecule has 13 atom stereocenters. The van der Waals surface area contributed by atoms with Crippen molar-refractivity contribution < 1.29 is 29.6 Å². The van der Waals surface area contributed by atoms with E-state index in [1.165, 1.54) is 0 Å². The number of hydrogen-bond acceptors (Lipinski definition) is 7. The number of fused-ring (bicyclic) bond motifs is 2. The van der Waals surface area contributed by atoms with Crippen LogP contribution in [0.15, 0.2) is 0 Å². The molecule has 1 heterocycles. The topological polar surface area (TPSA) is 122 Å². The van der Waals surface area contributed by atoms with E-state index in [0.717, 1.165) is 51.4 Å². The summed E-state index contributed by atoms with van der Waals surface area (Å²) in [4.78, 5) is 13.4. The maximum atomic E-state index is 13.4. The lowest BCUT2D eigenvalue weighted by Crippen LogP contribution is -2.63. The zero-order chi connectivity index (χ0) is 31.1. The Morgan fingerprint density at radius 1 is 0.952 bits per heavy atom. The number of rotatable bonds is 5. The number of ether oxygens (including phenoxy) is 2. The highest BCUT2D eigenvalue weighted by atomic mass is 16.5. The van der Waals surface area contributed by atoms with Gasteiger partial charge in [-0.25, -0.2) is 0 Å². The fourth-order valence-corrected chi connectivity index (χ4v) is 12.7. The Balaban J connectivity index is 1.39. The van der Waals surface area contributed by atoms with Gasteiger partial charge in [-0.1, -0.05) is 41.5 Å². The molecular formula is C35H59NO6. The first-order valence-corrected chi connectivity index (χ1v) is 16.9. The molecule has 0 aromatic rings. The first-order chi connectivity index (χ1) is 19.2. The SMILES string of the molecule is CC(C)C(N)C(=O)O[C@H]1CC2C3(CC[C@]4(C)[C@@H]([C@@]5(C)CCC(C(C)(C)O)O5)[C@@H](O)C[C@@]24C)CC32CC[C@H](O)C(C)(C)C12. The number of hydrogen-bond donors (Lipinski definition) is 4. The minimum atomic E-state index is -0.923. The summed E-state index contributed by atoms with van der Waals surface area (Å²) in [7, 11) is 0. The third kappa shape index (κ3) is 3.85. The van der Waals surface area contributed by atoms with E-state index in [1.807, 2.05) is 27.7 Å². The monoisotopic (exact) mass is 589 g/mol. The molecule has 2 spiro atoms. The standard InChI is InChI=1S/C35H59NO6/c1-19(2)25(36)28(39)41-21-16-22-32(8)17-20(37)26(33(9)12-11-24(42-33)30(5,6)40)31(32,7)14-15-34(22)18-35(34)13-10-23(38)29(3,4)27(21)35/h19-27,37-38,40H,10-18,36H2,1-9H3/t20-,21-,22?,23-,24?,25?,26-,27?,31+,32-,33+,34?,35?/m0/s1. The first-order valence-electron chi connectivity index (χ1n) is 16.9. The third-order valence-corrected chi connectivity index (χ3v) is 15.0. The summed E-state index contributed by atoms with van der Waals surface area (Å²) in [6.45, 7) is 18.9. The summed E-state index contributed by atoms with van der Waals surface area (Å²) < 4.78 is 13.2. The molecule has 6 aliphatic rings. The summed E-state index contributed by atoms with van der Waals surface area (Å²) >= 11 is 0. The van der Waals surface area contributed by atoms with Crippen molar-refractivity contribution in [3.05, 3.63) is 0 Å². The van der Waals surface area contributed by atoms with Gasteiger partial charge < -0.3 is 30.5 Å². The van der Waals surface area contributed by atoms with E-state index in [-0.39, 0.29) is 63.0 Å². The number of aliphatic hydroxyl groups is 3. The molecule has 6 fully saturated rings. The van der Waals surface area contributed by atoms with Crippen LogP contribution in [-0.4, -0.2) is 62.9 Å². The van der Waals surface area contributed by atoms with Crippen molar-refractivity contribution in [2.45, 2.75) is 162 Å². The molecule has 1 aliphatic heterocycles. The predicted molar refractivity (Wildman–Crippen MR) is 161 cm³/mol. The first kappa shape index (κ1) is 31.3. The molecule has 0 radical (unpaired) electrons. The Bertz CT molecular complexity index is 1120. The van der Waals surface area contributed by atoms with Crippen LogP contribution in [0, 0.1) is 50.7 Å². The third-order valence-electron chi connectivity index (χ3n) is 15.0. The van der Waals surface area contributed by atoms with E-state index < -0.39 is 29.5 Å². The van der Waals surface area contributed by atoms with E-state index in [1.54, 1.807) is 0 Å². The van der Waals surface area contributed by atoms with Gasteiger partial charge in [0.15, 0.2) is 0 Å². The summed E-state index contributed by atoms with van der Waals surface area (Å²) in [6, 6.07) is -0.670. The molecule has 42 heavy (non-hydrogen) atoms. The van der Waals surface area contributed by atoms with Crippen molar-refractivity contribution >= 4 is 5.97 Å². The Morgan fingerprint density at radius 2 is 1.62 bits per heavy atom. The van der Waals surface area contributed by atoms with Crippen molar-refractivity contribution in [1.29, 1.82) is 0 Å². The Labute approximate surface area is 253 Å². The molecule has 0 aromatic heterocycles. The molecule has 7 heteroatoms. The van der Waals surface area contributed by atoms with Gasteiger partial charge in [0.1, 0.15) is 12.1 Å². The number of nitrogens with two attached hydrogens (primary N) is 1. The van der Waals surface area contributed by atoms with E-state index in [9.17, 15) is 20.1 Å². The summed E-state index contributed by atoms with van der Waals surface area (Å²) in [5.74, 6) is 0.0143. The molecular weight excluding hydrogens is 530 g/mol. The van der Waals surface area contributed by atoms with Crippen molar-refractivity contribution in [1.82, 2.24) is 0 Å². The molecule has 0 amide bonds. The second-order valence-corrected chi connectivity index (χ2v) is 18.1. The van der Waals surface area contributed by atoms with Crippen LogP contribution in [0.4, 0.5) is 0 Å². The Hall–Kier alpha value is -0.730. The van der Waals surface area contributed by atoms with Crippen LogP contribution in [0.3, 0.4) is 0 Å². The molecule has 6 unspecified atom stereocenters. The molecule has 1 saturated heterocycles. The summed E-state index contributed by atoms with van der Waals surface area (Å²) in [5, 5.41) is 34.0. The van der Waals surface area contributed by atoms with E-state index >= 15 is 0 Å². The number of carbonyl (C=O) groups excluding carboxylic acids is 1. The molecule has 7 nitrogen and oxygen atoms in total. The largest absolute Gasteiger partial charge is 0.461 e. The summed E-state index contributed by atoms with van der Waals surface area (Å²) in [6.07, 6.45) is 6.64. The van der Waals surface area contributed by atoms with Gasteiger partial charge >= 0.3 is 5.97 Å². The molecule has 5 aliphatic carbocycles. The highest BCUT2D eigenvalue weighted by Gasteiger charge is 2.85. The predicted octanol–water partition coefficient (Wildman–Crippen LogP) is 4.97. The van der Waals surface area contributed by atoms with Crippen LogP contribution in [0.25, 0.3) is 0 Å². The average molecular weight is 590 g/mol. The van der Waals surface area contributed by atoms with Crippen LogP contribution in [0.5, 0.6) is 0 Å². The minimum Gasteiger partial charge on any atom is -0.461 e. The Morgan fingerprint density at radius 3 is 2.21 bits per heavy atom. The van der Waals surface area contributed by atoms with Gasteiger partial charge in [0.05, 0.1) is 29.5 Å². The lowest BCUT2D eigenvalue weighted by Gasteiger charge is -2.64. The van der Waals surface area contributed by atoms with Gasteiger partial charge in [-0.05, 0) is 117 Å². The van der Waals surface area contributed by atoms with Gasteiger partial charge in [-0.3, -0.25) is 4.79 Å². The zero-order valence-corrected chi connectivity index (χ0v) is 27.7. The minimum absolute atomic E-state index is 0.0128. The highest BCUT2D eigenvalue weighted by molar-refractivity contribution is 5.76. The van der Waals surface area contributed by atoms with Crippen LogP contribution in [-0.2, 0) is 14.3 Å². The maximum absolute atomic E-state index is 13.4. The van der Waals surface area contributed by atoms with E-state index in [2.05, 4.69) is 34.6 Å². The van der Waals surface area contributed by atoms with E-state index in [0.29, 0.717) is 12.3 Å². The summed E-state index contributed by atoms with van der Waals surface area (Å²) in [5.41, 5.74) is 4.40. The fraction of sp³-hybridized carbons (Fsp3) is 0.971. The van der Waals surface area contributed by atoms with Crippen LogP contribution in [0.2, 0.25) is 0 Å². The second-order valence-electron chi connectivity index (χ2n) is 18.1. The molecule has 0 aromatic carbocycles. The van der Waals surface area contributed by atoms with Crippen molar-refractivity contribution in [3.8, 4) is 0 Å². The van der Waals surface area contributed by atoms with Crippen LogP contribution < -0.4 is 5.73 Å². The zero-order valence-electron chi connectivity index (χ0n) is 27.7. The van der Waals surface area contributed by atoms with Crippen molar-refractivity contribution in [2.24, 2.45) is 56.5 Å². The van der Waals surface area contributed by atoms with Gasteiger partial charge in [0.25, 0.3) is 0 Å². The average Bonchev–Trinajstić information content (AvgIpc) is 3.24. The van der Waals surface area contributed by atoms with Gasteiger partial charge in [0.2, 0.25) is 0 Å². The molecule has 240 valence electrons. The van der Waals surface area contributed by atoms with Gasteiger partial charge in [-0.15, -0.1) is 0 Å². The quantitative estimate of drug-likeness (QED) is 0.334. The second kappa shape index (κ2) is 9.18. The Kier molecular flexibility index (Phi) is 6.83. The normalized spacial score (nSPS) is 53.5. The highest BCUT2D eigenvalue weighted by Crippen LogP contribution is 2.89. The maximum Gasteiger partial charge on any atom is 0.323 e. The molecule has 5 N–H and O–H groups in total. The molecule has 6 rings (SSSR count). The number of aliphatic hydroxyl groups excluding tert-OH is 2. The number of carbonyl (C=O) groups is 1. The molecule has 5 saturated carbocycles. The van der Waals surface area contributed by atoms with Crippen LogP contribution >= 0.6 is 0 Å². The van der Waals surface area contributed by atoms with Gasteiger partial charge in [-0.2, -0.15) is 0 Å². The van der Waals surface area contributed by atoms with E-state index in [4.69, 9.17) is 15.2 Å². The lowest BCUT2D eigenvalue weighted by molar-refractivity contribution is -0.221. The van der Waals surface area contributed by atoms with Gasteiger partial charge in [0, 0.05) is 11.8 Å². The number of esters is 1. The fourth-order valence-electron chi connectivity index (χ4n) is 12.7. The van der Waals surface area contributed by atoms with Crippen molar-refractivity contribution in [2.75, 3.05) is 0 Å². The lowest BCUT2D eigenvalue weighted by atomic mass is 9.41. The molecule has 0 bridgehead atoms. The van der Waals surface area contributed by atoms with Crippen molar-refractivity contribution in [3.63, 3.8) is 0 Å². The smallest absolute Gasteiger partial charge is 0.323 e. The van der Waals surface area contributed by atoms with Crippen LogP contribution in [0.1, 0.15) is 120 Å².